The summed E-state index contributed by atoms with van der Waals surface area (Å²) in [5.41, 5.74) is 4.35. The van der Waals surface area contributed by atoms with Crippen LogP contribution in [0.4, 0.5) is 5.82 Å². The molecule has 4 rings (SSSR count). The number of nitrogens with zero attached hydrogens (tertiary/aromatic N) is 4. The minimum Gasteiger partial charge on any atom is -0.366 e. The van der Waals surface area contributed by atoms with Crippen LogP contribution in [0.15, 0.2) is 36.4 Å². The van der Waals surface area contributed by atoms with E-state index in [1.54, 1.807) is 6.07 Å². The molecule has 0 bridgehead atoms. The van der Waals surface area contributed by atoms with Crippen LogP contribution < -0.4 is 5.32 Å². The van der Waals surface area contributed by atoms with E-state index in [9.17, 15) is 0 Å². The highest BCUT2D eigenvalue weighted by Gasteiger charge is 2.27. The van der Waals surface area contributed by atoms with Crippen molar-refractivity contribution in [3.05, 3.63) is 64.3 Å². The van der Waals surface area contributed by atoms with Gasteiger partial charge in [0, 0.05) is 24.2 Å². The molecule has 3 aromatic rings. The molecule has 0 atom stereocenters. The van der Waals surface area contributed by atoms with Crippen molar-refractivity contribution in [2.75, 3.05) is 5.32 Å². The number of halogens is 1. The lowest BCUT2D eigenvalue weighted by Crippen LogP contribution is -2.09. The predicted molar refractivity (Wildman–Crippen MR) is 99.4 cm³/mol. The van der Waals surface area contributed by atoms with Crippen molar-refractivity contribution >= 4 is 17.4 Å². The molecule has 0 saturated heterocycles. The highest BCUT2D eigenvalue weighted by molar-refractivity contribution is 6.29. The maximum Gasteiger partial charge on any atom is 0.135 e. The predicted octanol–water partition coefficient (Wildman–Crippen LogP) is 4.42. The van der Waals surface area contributed by atoms with E-state index in [-0.39, 0.29) is 0 Å². The number of aryl methyl sites for hydroxylation is 2. The number of benzene rings is 1. The third-order valence-electron chi connectivity index (χ3n) is 4.34. The van der Waals surface area contributed by atoms with Crippen LogP contribution in [0.1, 0.15) is 41.5 Å². The third kappa shape index (κ3) is 3.51. The molecule has 0 aliphatic heterocycles. The molecule has 0 radical (unpaired) electrons. The molecule has 25 heavy (non-hydrogen) atoms. The minimum atomic E-state index is 0.473. The fraction of sp³-hybridized carbons (Fsp3) is 0.316. The zero-order valence-corrected chi connectivity index (χ0v) is 15.1. The van der Waals surface area contributed by atoms with Gasteiger partial charge in [-0.15, -0.1) is 0 Å². The summed E-state index contributed by atoms with van der Waals surface area (Å²) in [5.74, 6) is 2.09. The first-order valence-electron chi connectivity index (χ1n) is 8.50. The third-order valence-corrected chi connectivity index (χ3v) is 4.54. The molecule has 0 spiro atoms. The van der Waals surface area contributed by atoms with Crippen molar-refractivity contribution in [3.63, 3.8) is 0 Å². The van der Waals surface area contributed by atoms with Gasteiger partial charge < -0.3 is 5.32 Å². The van der Waals surface area contributed by atoms with Gasteiger partial charge >= 0.3 is 0 Å². The second kappa shape index (κ2) is 6.48. The molecule has 1 aliphatic rings. The summed E-state index contributed by atoms with van der Waals surface area (Å²) in [6.07, 6.45) is 2.31. The number of para-hydroxylation sites is 1. The van der Waals surface area contributed by atoms with Gasteiger partial charge in [0.1, 0.15) is 16.8 Å². The minimum absolute atomic E-state index is 0.473. The van der Waals surface area contributed by atoms with Gasteiger partial charge in [-0.1, -0.05) is 29.8 Å². The molecule has 6 heteroatoms. The first-order valence-corrected chi connectivity index (χ1v) is 8.88. The molecule has 1 aliphatic carbocycles. The van der Waals surface area contributed by atoms with E-state index in [1.807, 2.05) is 23.7 Å². The zero-order valence-electron chi connectivity index (χ0n) is 14.3. The first-order chi connectivity index (χ1) is 12.1. The van der Waals surface area contributed by atoms with Crippen LogP contribution in [0.5, 0.6) is 0 Å². The second-order valence-corrected chi connectivity index (χ2v) is 6.92. The Morgan fingerprint density at radius 2 is 1.96 bits per heavy atom. The summed E-state index contributed by atoms with van der Waals surface area (Å²) < 4.78 is 1.98. The van der Waals surface area contributed by atoms with Crippen molar-refractivity contribution in [2.24, 2.45) is 0 Å². The Morgan fingerprint density at radius 3 is 2.68 bits per heavy atom. The highest BCUT2D eigenvalue weighted by atomic mass is 35.5. The van der Waals surface area contributed by atoms with Crippen LogP contribution in [0.2, 0.25) is 5.15 Å². The molecule has 0 amide bonds. The van der Waals surface area contributed by atoms with E-state index in [2.05, 4.69) is 45.5 Å². The number of hydrogen-bond acceptors (Lipinski definition) is 4. The monoisotopic (exact) mass is 353 g/mol. The lowest BCUT2D eigenvalue weighted by atomic mass is 10.1. The molecule has 1 N–H and O–H groups in total. The van der Waals surface area contributed by atoms with Crippen LogP contribution in [-0.4, -0.2) is 19.7 Å². The Labute approximate surface area is 152 Å². The van der Waals surface area contributed by atoms with Gasteiger partial charge in [-0.05, 0) is 44.4 Å². The van der Waals surface area contributed by atoms with E-state index in [0.717, 1.165) is 47.1 Å². The van der Waals surface area contributed by atoms with Gasteiger partial charge in [0.05, 0.1) is 11.4 Å². The van der Waals surface area contributed by atoms with Gasteiger partial charge in [-0.2, -0.15) is 5.10 Å². The van der Waals surface area contributed by atoms with Crippen molar-refractivity contribution in [2.45, 2.75) is 39.2 Å². The summed E-state index contributed by atoms with van der Waals surface area (Å²) in [6.45, 7) is 4.72. The van der Waals surface area contributed by atoms with E-state index in [4.69, 9.17) is 11.6 Å². The fourth-order valence-corrected chi connectivity index (χ4v) is 3.17. The number of aromatic nitrogens is 4. The Morgan fingerprint density at radius 1 is 1.16 bits per heavy atom. The van der Waals surface area contributed by atoms with Crippen molar-refractivity contribution in [3.8, 4) is 5.69 Å². The topological polar surface area (TPSA) is 55.6 Å². The summed E-state index contributed by atoms with van der Waals surface area (Å²) in [6, 6.07) is 12.1. The van der Waals surface area contributed by atoms with Crippen molar-refractivity contribution in [1.29, 1.82) is 0 Å². The van der Waals surface area contributed by atoms with Crippen LogP contribution in [0.25, 0.3) is 5.69 Å². The Balaban J connectivity index is 1.59. The lowest BCUT2D eigenvalue weighted by molar-refractivity contribution is 0.820. The van der Waals surface area contributed by atoms with Gasteiger partial charge in [0.25, 0.3) is 0 Å². The SMILES string of the molecule is Cc1cc(C)n(-c2ccccc2CNc2cc(Cl)nc(C3CC3)n2)n1. The molecule has 1 saturated carbocycles. The van der Waals surface area contributed by atoms with E-state index in [0.29, 0.717) is 17.6 Å². The van der Waals surface area contributed by atoms with Crippen molar-refractivity contribution < 1.29 is 0 Å². The fourth-order valence-electron chi connectivity index (χ4n) is 2.98. The standard InChI is InChI=1S/C19H20ClN5/c1-12-9-13(2)25(24-12)16-6-4-3-5-15(16)11-21-18-10-17(20)22-19(23-18)14-7-8-14/h3-6,9-10,14H,7-8,11H2,1-2H3,(H,21,22,23). The summed E-state index contributed by atoms with van der Waals surface area (Å²) in [5, 5.41) is 8.47. The highest BCUT2D eigenvalue weighted by Crippen LogP contribution is 2.38. The average molecular weight is 354 g/mol. The van der Waals surface area contributed by atoms with Crippen LogP contribution >= 0.6 is 11.6 Å². The Bertz CT molecular complexity index is 914. The molecule has 128 valence electrons. The molecule has 2 aromatic heterocycles. The number of rotatable bonds is 5. The van der Waals surface area contributed by atoms with Gasteiger partial charge in [0.15, 0.2) is 0 Å². The Hall–Kier alpha value is -2.40. The average Bonchev–Trinajstić information content (AvgIpc) is 3.38. The van der Waals surface area contributed by atoms with E-state index in [1.165, 1.54) is 0 Å². The van der Waals surface area contributed by atoms with Crippen molar-refractivity contribution in [1.82, 2.24) is 19.7 Å². The quantitative estimate of drug-likeness (QED) is 0.690. The lowest BCUT2D eigenvalue weighted by Gasteiger charge is -2.13. The molecule has 2 heterocycles. The summed E-state index contributed by atoms with van der Waals surface area (Å²) in [4.78, 5) is 8.94. The van der Waals surface area contributed by atoms with Gasteiger partial charge in [-0.25, -0.2) is 14.6 Å². The Kier molecular flexibility index (Phi) is 4.17. The number of hydrogen-bond donors (Lipinski definition) is 1. The summed E-state index contributed by atoms with van der Waals surface area (Å²) >= 11 is 6.15. The maximum atomic E-state index is 6.15. The van der Waals surface area contributed by atoms with Crippen LogP contribution in [0, 0.1) is 13.8 Å². The van der Waals surface area contributed by atoms with Gasteiger partial charge in [0.2, 0.25) is 0 Å². The normalized spacial score (nSPS) is 13.9. The summed E-state index contributed by atoms with van der Waals surface area (Å²) in [7, 11) is 0. The molecule has 1 fully saturated rings. The zero-order chi connectivity index (χ0) is 17.4. The van der Waals surface area contributed by atoms with Gasteiger partial charge in [-0.3, -0.25) is 0 Å². The molecular weight excluding hydrogens is 334 g/mol. The number of nitrogens with one attached hydrogen (secondary N) is 1. The maximum absolute atomic E-state index is 6.15. The second-order valence-electron chi connectivity index (χ2n) is 6.53. The smallest absolute Gasteiger partial charge is 0.135 e. The molecule has 0 unspecified atom stereocenters. The largest absolute Gasteiger partial charge is 0.366 e. The van der Waals surface area contributed by atoms with E-state index >= 15 is 0 Å². The molecule has 1 aromatic carbocycles. The molecular formula is C19H20ClN5. The first kappa shape index (κ1) is 16.1. The van der Waals surface area contributed by atoms with E-state index < -0.39 is 0 Å². The van der Waals surface area contributed by atoms with Crippen LogP contribution in [-0.2, 0) is 6.54 Å². The number of anilines is 1. The molecule has 5 nitrogen and oxygen atoms in total. The van der Waals surface area contributed by atoms with Crippen LogP contribution in [0.3, 0.4) is 0 Å².